The molecule has 15 heavy (non-hydrogen) atoms. The number of rotatable bonds is 5. The summed E-state index contributed by atoms with van der Waals surface area (Å²) < 4.78 is 0. The Bertz CT molecular complexity index is 308. The summed E-state index contributed by atoms with van der Waals surface area (Å²) in [4.78, 5) is 29.4. The molecule has 84 valence electrons. The predicted octanol–water partition coefficient (Wildman–Crippen LogP) is -2.31. The molecule has 0 aromatic carbocycles. The second-order valence-corrected chi connectivity index (χ2v) is 2.58. The van der Waals surface area contributed by atoms with E-state index in [2.05, 4.69) is 15.3 Å². The molecule has 0 radical (unpaired) electrons. The first-order valence-corrected chi connectivity index (χ1v) is 4.27. The van der Waals surface area contributed by atoms with Crippen molar-refractivity contribution in [2.24, 2.45) is 21.5 Å². The van der Waals surface area contributed by atoms with Crippen LogP contribution in [0.4, 0.5) is 0 Å². The molecule has 0 bridgehead atoms. The Morgan fingerprint density at radius 1 is 1.40 bits per heavy atom. The highest BCUT2D eigenvalue weighted by Gasteiger charge is 2.15. The Morgan fingerprint density at radius 2 is 2.00 bits per heavy atom. The van der Waals surface area contributed by atoms with Gasteiger partial charge in [0.2, 0.25) is 5.91 Å². The number of nitrogens with zero attached hydrogens (tertiary/aromatic N) is 2. The lowest BCUT2D eigenvalue weighted by molar-refractivity contribution is -0.116. The first-order chi connectivity index (χ1) is 7.06. The first-order valence-electron chi connectivity index (χ1n) is 4.27. The third-order valence-electron chi connectivity index (χ3n) is 1.57. The average Bonchev–Trinajstić information content (AvgIpc) is 2.22. The maximum absolute atomic E-state index is 11.4. The summed E-state index contributed by atoms with van der Waals surface area (Å²) >= 11 is 0. The Labute approximate surface area is 87.6 Å². The van der Waals surface area contributed by atoms with Crippen LogP contribution in [-0.4, -0.2) is 50.4 Å². The van der Waals surface area contributed by atoms with Gasteiger partial charge in [-0.05, 0) is 0 Å². The lowest BCUT2D eigenvalue weighted by atomic mass is 10.2. The van der Waals surface area contributed by atoms with E-state index in [0.29, 0.717) is 5.71 Å². The van der Waals surface area contributed by atoms with Crippen LogP contribution in [-0.2, 0) is 9.59 Å². The van der Waals surface area contributed by atoms with Gasteiger partial charge in [0.15, 0.2) is 0 Å². The number of primary amides is 1. The summed E-state index contributed by atoms with van der Waals surface area (Å²) in [5, 5.41) is 2.38. The second-order valence-electron chi connectivity index (χ2n) is 2.58. The zero-order chi connectivity index (χ0) is 11.8. The number of nitrogens with two attached hydrogens (primary N) is 2. The van der Waals surface area contributed by atoms with Crippen LogP contribution < -0.4 is 16.8 Å². The van der Waals surface area contributed by atoms with Gasteiger partial charge in [-0.2, -0.15) is 0 Å². The highest BCUT2D eigenvalue weighted by Crippen LogP contribution is 1.86. The molecule has 0 aromatic rings. The monoisotopic (exact) mass is 213 g/mol. The molecular weight excluding hydrogens is 198 g/mol. The zero-order valence-corrected chi connectivity index (χ0v) is 8.78. The van der Waals surface area contributed by atoms with Gasteiger partial charge in [0.05, 0.1) is 5.71 Å². The first kappa shape index (κ1) is 13.2. The van der Waals surface area contributed by atoms with E-state index in [9.17, 15) is 9.59 Å². The summed E-state index contributed by atoms with van der Waals surface area (Å²) in [6, 6.07) is 0. The largest absolute Gasteiger partial charge is 0.368 e. The fraction of sp³-hybridized carbons (Fsp3) is 0.500. The van der Waals surface area contributed by atoms with Gasteiger partial charge < -0.3 is 16.8 Å². The van der Waals surface area contributed by atoms with Crippen molar-refractivity contribution in [3.8, 4) is 0 Å². The van der Waals surface area contributed by atoms with E-state index in [-0.39, 0.29) is 18.8 Å². The number of hydrogen-bond acceptors (Lipinski definition) is 5. The predicted molar refractivity (Wildman–Crippen MR) is 58.0 cm³/mol. The summed E-state index contributed by atoms with van der Waals surface area (Å²) in [6.07, 6.45) is 0. The van der Waals surface area contributed by atoms with Crippen LogP contribution in [0.5, 0.6) is 0 Å². The molecule has 7 heteroatoms. The van der Waals surface area contributed by atoms with Crippen LogP contribution in [0.3, 0.4) is 0 Å². The highest BCUT2D eigenvalue weighted by molar-refractivity contribution is 6.67. The molecule has 0 rings (SSSR count). The van der Waals surface area contributed by atoms with Gasteiger partial charge in [-0.1, -0.05) is 0 Å². The molecule has 0 unspecified atom stereocenters. The van der Waals surface area contributed by atoms with Crippen LogP contribution in [0.1, 0.15) is 0 Å². The average molecular weight is 213 g/mol. The molecule has 0 fully saturated rings. The van der Waals surface area contributed by atoms with E-state index in [1.807, 2.05) is 0 Å². The smallest absolute Gasteiger partial charge is 0.271 e. The van der Waals surface area contributed by atoms with Gasteiger partial charge in [-0.25, -0.2) is 0 Å². The topological polar surface area (TPSA) is 123 Å². The van der Waals surface area contributed by atoms with E-state index in [0.717, 1.165) is 0 Å². The van der Waals surface area contributed by atoms with Crippen LogP contribution in [0.25, 0.3) is 0 Å². The van der Waals surface area contributed by atoms with Gasteiger partial charge in [0, 0.05) is 20.6 Å². The van der Waals surface area contributed by atoms with Crippen molar-refractivity contribution in [3.05, 3.63) is 0 Å². The van der Waals surface area contributed by atoms with Crippen molar-refractivity contribution in [2.45, 2.75) is 0 Å². The Balaban J connectivity index is 4.96. The molecule has 0 saturated carbocycles. The normalized spacial score (nSPS) is 12.5. The van der Waals surface area contributed by atoms with E-state index >= 15 is 0 Å². The van der Waals surface area contributed by atoms with E-state index in [4.69, 9.17) is 11.5 Å². The second kappa shape index (κ2) is 6.66. The van der Waals surface area contributed by atoms with Crippen molar-refractivity contribution in [2.75, 3.05) is 27.2 Å². The lowest BCUT2D eigenvalue weighted by Crippen LogP contribution is -2.37. The lowest BCUT2D eigenvalue weighted by Gasteiger charge is -2.05. The molecule has 0 aliphatic rings. The minimum absolute atomic E-state index is 0.0429. The molecule has 2 amide bonds. The quantitative estimate of drug-likeness (QED) is 0.444. The standard InChI is InChI=1S/C8H15N5O2/c1-11-5(3-9)7(8(15)12-2)13-4-6(10)14/h3-4,9H2,1-2H3,(H2,10,14)(H,12,15). The molecule has 0 spiro atoms. The van der Waals surface area contributed by atoms with Crippen LogP contribution >= 0.6 is 0 Å². The SMILES string of the molecule is CN=C(CN)C(=NCC(N)=O)C(=O)NC. The fourth-order valence-corrected chi connectivity index (χ4v) is 0.863. The minimum atomic E-state index is -0.621. The van der Waals surface area contributed by atoms with Crippen molar-refractivity contribution in [1.29, 1.82) is 0 Å². The van der Waals surface area contributed by atoms with Crippen molar-refractivity contribution < 1.29 is 9.59 Å². The van der Waals surface area contributed by atoms with Gasteiger partial charge in [0.1, 0.15) is 12.3 Å². The van der Waals surface area contributed by atoms with Gasteiger partial charge in [-0.15, -0.1) is 0 Å². The molecule has 0 saturated heterocycles. The maximum Gasteiger partial charge on any atom is 0.271 e. The Morgan fingerprint density at radius 3 is 2.33 bits per heavy atom. The van der Waals surface area contributed by atoms with Crippen molar-refractivity contribution in [3.63, 3.8) is 0 Å². The van der Waals surface area contributed by atoms with E-state index < -0.39 is 11.8 Å². The molecule has 0 aliphatic carbocycles. The molecule has 5 N–H and O–H groups in total. The van der Waals surface area contributed by atoms with Gasteiger partial charge in [-0.3, -0.25) is 19.6 Å². The zero-order valence-electron chi connectivity index (χ0n) is 8.78. The number of aliphatic imine (C=N–C) groups is 2. The number of carbonyl (C=O) groups is 2. The third kappa shape index (κ3) is 4.32. The fourth-order valence-electron chi connectivity index (χ4n) is 0.863. The highest BCUT2D eigenvalue weighted by atomic mass is 16.2. The summed E-state index contributed by atoms with van der Waals surface area (Å²) in [6.45, 7) is -0.191. The van der Waals surface area contributed by atoms with Crippen LogP contribution in [0.2, 0.25) is 0 Å². The van der Waals surface area contributed by atoms with Crippen LogP contribution in [0, 0.1) is 0 Å². The van der Waals surface area contributed by atoms with E-state index in [1.54, 1.807) is 0 Å². The number of nitrogens with one attached hydrogen (secondary N) is 1. The number of carbonyl (C=O) groups excluding carboxylic acids is 2. The Kier molecular flexibility index (Phi) is 5.88. The molecule has 0 aliphatic heterocycles. The minimum Gasteiger partial charge on any atom is -0.368 e. The van der Waals surface area contributed by atoms with Gasteiger partial charge in [0.25, 0.3) is 5.91 Å². The molecule has 7 nitrogen and oxygen atoms in total. The number of hydrogen-bond donors (Lipinski definition) is 3. The summed E-state index contributed by atoms with van der Waals surface area (Å²) in [7, 11) is 2.94. The molecule has 0 aromatic heterocycles. The van der Waals surface area contributed by atoms with Crippen molar-refractivity contribution in [1.82, 2.24) is 5.32 Å². The maximum atomic E-state index is 11.4. The molecule has 0 heterocycles. The van der Waals surface area contributed by atoms with Crippen molar-refractivity contribution >= 4 is 23.2 Å². The van der Waals surface area contributed by atoms with Crippen LogP contribution in [0.15, 0.2) is 9.98 Å². The summed E-state index contributed by atoms with van der Waals surface area (Å²) in [5.74, 6) is -1.06. The third-order valence-corrected chi connectivity index (χ3v) is 1.57. The van der Waals surface area contributed by atoms with Gasteiger partial charge >= 0.3 is 0 Å². The van der Waals surface area contributed by atoms with E-state index in [1.165, 1.54) is 14.1 Å². The molecular formula is C8H15N5O2. The number of amides is 2. The molecule has 0 atom stereocenters. The Hall–Kier alpha value is -1.76. The summed E-state index contributed by atoms with van der Waals surface area (Å²) in [5.41, 5.74) is 10.7.